The Morgan fingerprint density at radius 1 is 1.14 bits per heavy atom. The Bertz CT molecular complexity index is 1500. The van der Waals surface area contributed by atoms with E-state index in [-0.39, 0.29) is 11.2 Å². The molecule has 5 heteroatoms. The third kappa shape index (κ3) is 7.08. The molecule has 1 saturated heterocycles. The highest BCUT2D eigenvalue weighted by atomic mass is 19.1. The fraction of sp³-hybridized carbons (Fsp3) is 0.324. The van der Waals surface area contributed by atoms with Gasteiger partial charge in [-0.1, -0.05) is 61.7 Å². The molecular formula is C37H45FN4. The number of H-pyrrole nitrogens is 1. The molecule has 1 aromatic carbocycles. The molecular weight excluding hydrogens is 519 g/mol. The number of nitrogens with one attached hydrogen (secondary N) is 3. The van der Waals surface area contributed by atoms with Crippen LogP contribution in [0.15, 0.2) is 114 Å². The molecule has 1 aromatic heterocycles. The maximum atomic E-state index is 14.0. The number of halogens is 1. The first-order valence-electron chi connectivity index (χ1n) is 14.9. The van der Waals surface area contributed by atoms with Crippen molar-refractivity contribution in [3.8, 4) is 0 Å². The van der Waals surface area contributed by atoms with Gasteiger partial charge in [-0.25, -0.2) is 4.39 Å². The Balaban J connectivity index is 1.55. The molecule has 0 atom stereocenters. The summed E-state index contributed by atoms with van der Waals surface area (Å²) in [5.41, 5.74) is 13.2. The summed E-state index contributed by atoms with van der Waals surface area (Å²) < 4.78 is 14.0. The SMILES string of the molecule is C=C/C=C(/c1cccc(F)c1)c1cc(C2=NN/C(=C/C=C(C)/C(/C=C(\C=C)CC3CCNCC3)=C/C)C2(C)C)[nH]c1C. The van der Waals surface area contributed by atoms with Crippen LogP contribution in [0.4, 0.5) is 4.39 Å². The molecule has 2 aromatic rings. The predicted molar refractivity (Wildman–Crippen MR) is 177 cm³/mol. The van der Waals surface area contributed by atoms with Crippen molar-refractivity contribution >= 4 is 11.3 Å². The van der Waals surface area contributed by atoms with Crippen molar-refractivity contribution in [1.29, 1.82) is 0 Å². The molecule has 1 fully saturated rings. The second kappa shape index (κ2) is 13.8. The zero-order chi connectivity index (χ0) is 30.3. The lowest BCUT2D eigenvalue weighted by Gasteiger charge is -2.23. The van der Waals surface area contributed by atoms with E-state index in [4.69, 9.17) is 5.10 Å². The molecule has 0 radical (unpaired) electrons. The van der Waals surface area contributed by atoms with E-state index >= 15 is 0 Å². The number of allylic oxidation sites excluding steroid dienone is 11. The summed E-state index contributed by atoms with van der Waals surface area (Å²) in [5.74, 6) is 0.451. The molecule has 42 heavy (non-hydrogen) atoms. The van der Waals surface area contributed by atoms with Crippen molar-refractivity contribution in [2.45, 2.75) is 53.9 Å². The molecule has 0 unspecified atom stereocenters. The van der Waals surface area contributed by atoms with Crippen LogP contribution in [0, 0.1) is 24.1 Å². The van der Waals surface area contributed by atoms with Crippen molar-refractivity contribution in [1.82, 2.24) is 15.7 Å². The fourth-order valence-electron chi connectivity index (χ4n) is 5.80. The van der Waals surface area contributed by atoms with Gasteiger partial charge in [-0.3, -0.25) is 5.43 Å². The van der Waals surface area contributed by atoms with E-state index in [1.54, 1.807) is 18.2 Å². The van der Waals surface area contributed by atoms with E-state index in [2.05, 4.69) is 86.9 Å². The minimum Gasteiger partial charge on any atom is -0.357 e. The number of hydrazone groups is 1. The highest BCUT2D eigenvalue weighted by Crippen LogP contribution is 2.36. The first-order chi connectivity index (χ1) is 20.2. The normalized spacial score (nSPS) is 19.6. The third-order valence-corrected chi connectivity index (χ3v) is 8.39. The van der Waals surface area contributed by atoms with E-state index in [1.165, 1.54) is 35.6 Å². The van der Waals surface area contributed by atoms with Crippen molar-refractivity contribution in [2.75, 3.05) is 13.1 Å². The summed E-state index contributed by atoms with van der Waals surface area (Å²) in [7, 11) is 0. The van der Waals surface area contributed by atoms with Crippen LogP contribution in [-0.2, 0) is 0 Å². The van der Waals surface area contributed by atoms with Gasteiger partial charge < -0.3 is 10.3 Å². The summed E-state index contributed by atoms with van der Waals surface area (Å²) in [6, 6.07) is 8.75. The predicted octanol–water partition coefficient (Wildman–Crippen LogP) is 8.69. The van der Waals surface area contributed by atoms with Crippen molar-refractivity contribution in [3.63, 3.8) is 0 Å². The summed E-state index contributed by atoms with van der Waals surface area (Å²) in [4.78, 5) is 3.53. The Labute approximate surface area is 251 Å². The summed E-state index contributed by atoms with van der Waals surface area (Å²) in [5, 5.41) is 8.20. The molecule has 220 valence electrons. The Morgan fingerprint density at radius 2 is 1.90 bits per heavy atom. The van der Waals surface area contributed by atoms with Gasteiger partial charge in [0.05, 0.1) is 16.8 Å². The van der Waals surface area contributed by atoms with Crippen LogP contribution in [0.5, 0.6) is 0 Å². The molecule has 4 nitrogen and oxygen atoms in total. The molecule has 2 aliphatic heterocycles. The lowest BCUT2D eigenvalue weighted by molar-refractivity contribution is 0.374. The summed E-state index contributed by atoms with van der Waals surface area (Å²) in [6.45, 7) is 20.8. The number of aromatic nitrogens is 1. The molecule has 0 bridgehead atoms. The van der Waals surface area contributed by atoms with Crippen LogP contribution in [0.25, 0.3) is 5.57 Å². The number of piperidine rings is 1. The monoisotopic (exact) mass is 564 g/mol. The smallest absolute Gasteiger partial charge is 0.123 e. The second-order valence-electron chi connectivity index (χ2n) is 11.7. The standard InChI is InChI=1S/C37H45FN4/c1-8-12-32(30-13-11-14-31(38)23-30)33-24-34(40-26(33)5)36-37(6,7)35(41-42-36)16-15-25(4)29(10-3)22-27(9-2)21-28-17-19-39-20-18-28/h8-16,22-24,28,39-41H,1-2,17-21H2,3-7H3/b25-15+,27-22+,29-10+,32-12-,35-16+. The van der Waals surface area contributed by atoms with Gasteiger partial charge in [-0.15, -0.1) is 0 Å². The Morgan fingerprint density at radius 3 is 2.57 bits per heavy atom. The molecule has 2 aliphatic rings. The number of aromatic amines is 1. The second-order valence-corrected chi connectivity index (χ2v) is 11.7. The summed E-state index contributed by atoms with van der Waals surface area (Å²) >= 11 is 0. The minimum absolute atomic E-state index is 0.265. The fourth-order valence-corrected chi connectivity index (χ4v) is 5.80. The van der Waals surface area contributed by atoms with Gasteiger partial charge in [0.25, 0.3) is 0 Å². The first kappa shape index (κ1) is 31.0. The van der Waals surface area contributed by atoms with Gasteiger partial charge in [0, 0.05) is 17.0 Å². The van der Waals surface area contributed by atoms with Crippen LogP contribution in [-0.4, -0.2) is 23.8 Å². The molecule has 0 spiro atoms. The van der Waals surface area contributed by atoms with Gasteiger partial charge in [0.15, 0.2) is 0 Å². The van der Waals surface area contributed by atoms with Crippen LogP contribution in [0.2, 0.25) is 0 Å². The van der Waals surface area contributed by atoms with E-state index in [0.717, 1.165) is 59.0 Å². The van der Waals surface area contributed by atoms with Gasteiger partial charge in [-0.05, 0) is 125 Å². The maximum absolute atomic E-state index is 14.0. The van der Waals surface area contributed by atoms with Crippen molar-refractivity contribution in [3.05, 3.63) is 137 Å². The lowest BCUT2D eigenvalue weighted by atomic mass is 9.82. The molecule has 0 amide bonds. The zero-order valence-electron chi connectivity index (χ0n) is 25.8. The molecule has 4 rings (SSSR count). The highest BCUT2D eigenvalue weighted by Gasteiger charge is 2.36. The number of rotatable bonds is 10. The molecule has 3 N–H and O–H groups in total. The van der Waals surface area contributed by atoms with Crippen molar-refractivity contribution < 1.29 is 4.39 Å². The van der Waals surface area contributed by atoms with Gasteiger partial charge in [-0.2, -0.15) is 5.10 Å². The number of hydrogen-bond donors (Lipinski definition) is 3. The van der Waals surface area contributed by atoms with Crippen LogP contribution < -0.4 is 10.7 Å². The average molecular weight is 565 g/mol. The van der Waals surface area contributed by atoms with Crippen molar-refractivity contribution in [2.24, 2.45) is 16.4 Å². The first-order valence-corrected chi connectivity index (χ1v) is 14.9. The number of benzene rings is 1. The number of aryl methyl sites for hydroxylation is 1. The molecule has 0 aliphatic carbocycles. The highest BCUT2D eigenvalue weighted by molar-refractivity contribution is 6.07. The average Bonchev–Trinajstić information content (AvgIpc) is 3.50. The molecule has 0 saturated carbocycles. The van der Waals surface area contributed by atoms with E-state index in [0.29, 0.717) is 5.92 Å². The minimum atomic E-state index is -0.347. The molecule has 3 heterocycles. The zero-order valence-corrected chi connectivity index (χ0v) is 25.8. The topological polar surface area (TPSA) is 52.2 Å². The third-order valence-electron chi connectivity index (χ3n) is 8.39. The van der Waals surface area contributed by atoms with Gasteiger partial charge >= 0.3 is 0 Å². The van der Waals surface area contributed by atoms with E-state index in [1.807, 2.05) is 25.1 Å². The van der Waals surface area contributed by atoms with Gasteiger partial charge in [0.2, 0.25) is 0 Å². The van der Waals surface area contributed by atoms with Crippen LogP contribution >= 0.6 is 0 Å². The Hall–Kier alpha value is -3.96. The quantitative estimate of drug-likeness (QED) is 0.253. The van der Waals surface area contributed by atoms with E-state index in [9.17, 15) is 4.39 Å². The number of nitrogens with zero attached hydrogens (tertiary/aromatic N) is 1. The Kier molecular flexibility index (Phi) is 10.2. The largest absolute Gasteiger partial charge is 0.357 e. The van der Waals surface area contributed by atoms with Crippen LogP contribution in [0.3, 0.4) is 0 Å². The maximum Gasteiger partial charge on any atom is 0.123 e. The lowest BCUT2D eigenvalue weighted by Crippen LogP contribution is -2.27. The van der Waals surface area contributed by atoms with Gasteiger partial charge in [0.1, 0.15) is 5.82 Å². The number of hydrogen-bond acceptors (Lipinski definition) is 3. The van der Waals surface area contributed by atoms with E-state index < -0.39 is 0 Å². The van der Waals surface area contributed by atoms with Crippen LogP contribution in [0.1, 0.15) is 69.5 Å². The summed E-state index contributed by atoms with van der Waals surface area (Å²) in [6.07, 6.45) is 17.9.